The zero-order valence-electron chi connectivity index (χ0n) is 20.5. The third-order valence-corrected chi connectivity index (χ3v) is 6.84. The molecule has 2 aromatic heterocycles. The minimum atomic E-state index is -0.126. The number of benzene rings is 3. The van der Waals surface area contributed by atoms with E-state index in [1.807, 2.05) is 83.4 Å². The molecular formula is C30H26BrN2O4+. The largest absolute Gasteiger partial charge is 0.507 e. The Morgan fingerprint density at radius 3 is 2.41 bits per heavy atom. The molecule has 7 heteroatoms. The van der Waals surface area contributed by atoms with Crippen molar-refractivity contribution in [1.82, 2.24) is 4.57 Å². The fraction of sp³-hybridized carbons (Fsp3) is 0.133. The van der Waals surface area contributed by atoms with Crippen molar-refractivity contribution >= 4 is 21.6 Å². The predicted molar refractivity (Wildman–Crippen MR) is 146 cm³/mol. The summed E-state index contributed by atoms with van der Waals surface area (Å²) in [6.45, 7) is 2.55. The first-order chi connectivity index (χ1) is 18.0. The number of ether oxygens (including phenoxy) is 2. The summed E-state index contributed by atoms with van der Waals surface area (Å²) < 4.78 is 16.3. The minimum absolute atomic E-state index is 0.126. The van der Waals surface area contributed by atoms with Gasteiger partial charge in [-0.05, 0) is 60.5 Å². The molecule has 1 N–H and O–H groups in total. The molecule has 0 aliphatic rings. The zero-order valence-corrected chi connectivity index (χ0v) is 22.1. The summed E-state index contributed by atoms with van der Waals surface area (Å²) in [6, 6.07) is 26.4. The number of phenolic OH excluding ortho intramolecular Hbond substituents is 1. The number of aromatic nitrogens is 2. The van der Waals surface area contributed by atoms with Crippen molar-refractivity contribution in [3.63, 3.8) is 0 Å². The standard InChI is InChI=1S/C30H25BrN2O4/c1-20-29(24-7-3-4-8-25(24)34)32-16-6-5-9-28(32)33(30(20)35)18-22-12-15-26(27(17-22)36-2)37-19-21-10-13-23(31)14-11-21/h3-17H,18-19H2,1-2H3/p+1. The van der Waals surface area contributed by atoms with Crippen LogP contribution in [0.25, 0.3) is 16.9 Å². The lowest BCUT2D eigenvalue weighted by Gasteiger charge is -2.14. The average molecular weight is 558 g/mol. The maximum Gasteiger partial charge on any atom is 0.341 e. The average Bonchev–Trinajstić information content (AvgIpc) is 2.92. The number of para-hydroxylation sites is 1. The van der Waals surface area contributed by atoms with Crippen molar-refractivity contribution in [1.29, 1.82) is 0 Å². The molecule has 5 aromatic rings. The van der Waals surface area contributed by atoms with E-state index in [2.05, 4.69) is 15.9 Å². The molecule has 6 nitrogen and oxygen atoms in total. The van der Waals surface area contributed by atoms with Gasteiger partial charge in [0, 0.05) is 10.5 Å². The van der Waals surface area contributed by atoms with Gasteiger partial charge in [-0.15, -0.1) is 0 Å². The zero-order chi connectivity index (χ0) is 25.9. The maximum atomic E-state index is 13.6. The second-order valence-electron chi connectivity index (χ2n) is 8.71. The highest BCUT2D eigenvalue weighted by Crippen LogP contribution is 2.30. The number of pyridine rings is 1. The Hall–Kier alpha value is -4.10. The summed E-state index contributed by atoms with van der Waals surface area (Å²) in [5, 5.41) is 10.5. The molecule has 0 atom stereocenters. The first kappa shape index (κ1) is 24.6. The highest BCUT2D eigenvalue weighted by atomic mass is 79.9. The lowest BCUT2D eigenvalue weighted by atomic mass is 10.1. The van der Waals surface area contributed by atoms with E-state index < -0.39 is 0 Å². The van der Waals surface area contributed by atoms with Crippen molar-refractivity contribution in [2.45, 2.75) is 20.1 Å². The number of phenols is 1. The second-order valence-corrected chi connectivity index (χ2v) is 9.63. The van der Waals surface area contributed by atoms with Gasteiger partial charge in [-0.2, -0.15) is 8.97 Å². The quantitative estimate of drug-likeness (QED) is 0.262. The molecule has 37 heavy (non-hydrogen) atoms. The number of rotatable bonds is 7. The van der Waals surface area contributed by atoms with E-state index in [9.17, 15) is 9.90 Å². The molecule has 0 aliphatic heterocycles. The molecule has 0 aliphatic carbocycles. The molecule has 0 unspecified atom stereocenters. The first-order valence-electron chi connectivity index (χ1n) is 11.8. The van der Waals surface area contributed by atoms with Gasteiger partial charge in [0.05, 0.1) is 24.4 Å². The van der Waals surface area contributed by atoms with Crippen LogP contribution < -0.4 is 19.4 Å². The van der Waals surface area contributed by atoms with Crippen LogP contribution >= 0.6 is 15.9 Å². The van der Waals surface area contributed by atoms with E-state index in [4.69, 9.17) is 9.47 Å². The van der Waals surface area contributed by atoms with E-state index >= 15 is 0 Å². The normalized spacial score (nSPS) is 11.0. The van der Waals surface area contributed by atoms with Crippen molar-refractivity contribution in [2.75, 3.05) is 7.11 Å². The monoisotopic (exact) mass is 557 g/mol. The molecule has 0 saturated carbocycles. The van der Waals surface area contributed by atoms with Gasteiger partial charge in [-0.3, -0.25) is 0 Å². The van der Waals surface area contributed by atoms with E-state index in [0.717, 1.165) is 15.6 Å². The lowest BCUT2D eigenvalue weighted by Crippen LogP contribution is -2.38. The van der Waals surface area contributed by atoms with Gasteiger partial charge in [-0.1, -0.05) is 52.3 Å². The molecular weight excluding hydrogens is 532 g/mol. The fourth-order valence-corrected chi connectivity index (χ4v) is 4.71. The number of halogens is 1. The van der Waals surface area contributed by atoms with Crippen molar-refractivity contribution in [3.05, 3.63) is 123 Å². The highest BCUT2D eigenvalue weighted by molar-refractivity contribution is 9.10. The van der Waals surface area contributed by atoms with E-state index in [1.165, 1.54) is 0 Å². The van der Waals surface area contributed by atoms with Crippen LogP contribution in [0.4, 0.5) is 0 Å². The predicted octanol–water partition coefficient (Wildman–Crippen LogP) is 5.67. The third-order valence-electron chi connectivity index (χ3n) is 6.31. The smallest absolute Gasteiger partial charge is 0.341 e. The summed E-state index contributed by atoms with van der Waals surface area (Å²) in [5.74, 6) is 1.36. The maximum absolute atomic E-state index is 13.6. The van der Waals surface area contributed by atoms with Gasteiger partial charge < -0.3 is 14.6 Å². The lowest BCUT2D eigenvalue weighted by molar-refractivity contribution is -0.504. The minimum Gasteiger partial charge on any atom is -0.507 e. The van der Waals surface area contributed by atoms with Gasteiger partial charge in [0.2, 0.25) is 0 Å². The Balaban J connectivity index is 1.51. The molecule has 2 heterocycles. The number of hydrogen-bond donors (Lipinski definition) is 1. The summed E-state index contributed by atoms with van der Waals surface area (Å²) in [7, 11) is 1.61. The van der Waals surface area contributed by atoms with E-state index in [1.54, 1.807) is 30.7 Å². The highest BCUT2D eigenvalue weighted by Gasteiger charge is 2.24. The topological polar surface area (TPSA) is 64.8 Å². The Morgan fingerprint density at radius 1 is 0.919 bits per heavy atom. The Morgan fingerprint density at radius 2 is 1.65 bits per heavy atom. The molecule has 3 aromatic carbocycles. The number of nitrogens with zero attached hydrogens (tertiary/aromatic N) is 2. The van der Waals surface area contributed by atoms with Crippen LogP contribution in [-0.4, -0.2) is 16.8 Å². The number of fused-ring (bicyclic) bond motifs is 1. The van der Waals surface area contributed by atoms with Gasteiger partial charge >= 0.3 is 5.56 Å². The van der Waals surface area contributed by atoms with Crippen LogP contribution in [0.15, 0.2) is 100 Å². The van der Waals surface area contributed by atoms with Gasteiger partial charge in [0.15, 0.2) is 17.2 Å². The Labute approximate surface area is 223 Å². The second kappa shape index (κ2) is 10.5. The van der Waals surface area contributed by atoms with Gasteiger partial charge in [-0.25, -0.2) is 4.79 Å². The summed E-state index contributed by atoms with van der Waals surface area (Å²) in [5.41, 5.74) is 4.36. The molecule has 5 rings (SSSR count). The molecule has 0 bridgehead atoms. The van der Waals surface area contributed by atoms with E-state index in [0.29, 0.717) is 47.1 Å². The van der Waals surface area contributed by atoms with Crippen molar-refractivity contribution in [3.8, 4) is 28.5 Å². The SMILES string of the molecule is COc1cc(Cn2c(=O)c(C)c(-c3ccccc3O)[n+]3ccccc23)ccc1OCc1ccc(Br)cc1. The first-order valence-corrected chi connectivity index (χ1v) is 12.6. The van der Waals surface area contributed by atoms with Gasteiger partial charge in [0.1, 0.15) is 18.9 Å². The molecule has 0 fully saturated rings. The van der Waals surface area contributed by atoms with Crippen LogP contribution in [0, 0.1) is 6.92 Å². The molecule has 0 spiro atoms. The molecule has 0 radical (unpaired) electrons. The van der Waals surface area contributed by atoms with Crippen LogP contribution in [0.1, 0.15) is 16.7 Å². The van der Waals surface area contributed by atoms with Crippen LogP contribution in [0.3, 0.4) is 0 Å². The number of aromatic hydroxyl groups is 1. The summed E-state index contributed by atoms with van der Waals surface area (Å²) >= 11 is 3.45. The summed E-state index contributed by atoms with van der Waals surface area (Å²) in [6.07, 6.45) is 1.90. The van der Waals surface area contributed by atoms with Gasteiger partial charge in [0.25, 0.3) is 5.65 Å². The Bertz CT molecular complexity index is 1640. The third kappa shape index (κ3) is 4.95. The molecule has 0 amide bonds. The van der Waals surface area contributed by atoms with E-state index in [-0.39, 0.29) is 11.3 Å². The van der Waals surface area contributed by atoms with Crippen molar-refractivity contribution in [2.24, 2.45) is 0 Å². The fourth-order valence-electron chi connectivity index (χ4n) is 4.44. The molecule has 186 valence electrons. The molecule has 0 saturated heterocycles. The van der Waals surface area contributed by atoms with Crippen LogP contribution in [0.2, 0.25) is 0 Å². The van der Waals surface area contributed by atoms with Crippen molar-refractivity contribution < 1.29 is 19.0 Å². The summed E-state index contributed by atoms with van der Waals surface area (Å²) in [4.78, 5) is 13.6. The number of hydrogen-bond acceptors (Lipinski definition) is 4. The number of methoxy groups -OCH3 is 1. The van der Waals surface area contributed by atoms with Crippen LogP contribution in [-0.2, 0) is 13.2 Å². The Kier molecular flexibility index (Phi) is 6.97. The van der Waals surface area contributed by atoms with Crippen LogP contribution in [0.5, 0.6) is 17.2 Å².